The number of rotatable bonds is 0. The first-order valence-corrected chi connectivity index (χ1v) is 0. The first-order chi connectivity index (χ1) is 0. The van der Waals surface area contributed by atoms with Crippen molar-refractivity contribution in [3.8, 4) is 0 Å². The van der Waals surface area contributed by atoms with Crippen LogP contribution in [0, 0.1) is 0 Å². The summed E-state index contributed by atoms with van der Waals surface area (Å²) in [6.45, 7) is 0. The summed E-state index contributed by atoms with van der Waals surface area (Å²) >= 11 is 0. The molecule has 5 radical (unpaired) electrons. The van der Waals surface area contributed by atoms with E-state index in [4.69, 9.17) is 0 Å². The van der Waals surface area contributed by atoms with E-state index in [-0.39, 0.29) is 268 Å². The molecule has 0 nitrogen and oxygen atoms in total. The number of hydrogen-bond donors (Lipinski definition) is 0. The molecular formula is Ag5Zn8. The van der Waals surface area contributed by atoms with Gasteiger partial charge in [-0.1, -0.05) is 0 Å². The summed E-state index contributed by atoms with van der Waals surface area (Å²) in [7, 11) is 0. The molecule has 0 N–H and O–H groups in total. The molecule has 71 valence electrons. The van der Waals surface area contributed by atoms with Gasteiger partial charge >= 0.3 is 0 Å². The molecule has 0 rings (SSSR count). The van der Waals surface area contributed by atoms with Crippen molar-refractivity contribution in [3.05, 3.63) is 0 Å². The van der Waals surface area contributed by atoms with Crippen molar-refractivity contribution in [2.75, 3.05) is 0 Å². The zero-order valence-electron chi connectivity index (χ0n) is 7.16. The van der Waals surface area contributed by atoms with Crippen molar-refractivity contribution >= 4 is 0 Å². The molecule has 0 amide bonds. The Morgan fingerprint density at radius 2 is 0.154 bits per heavy atom. The zero-order valence-corrected chi connectivity index (χ0v) is 38.3. The van der Waals surface area contributed by atoms with E-state index in [0.717, 1.165) is 0 Å². The minimum atomic E-state index is 0. The predicted molar refractivity (Wildman–Crippen MR) is 0 cm³/mol. The Kier molecular flexibility index (Phi) is 1000. The minimum Gasteiger partial charge on any atom is 0 e. The Balaban J connectivity index is 0. The van der Waals surface area contributed by atoms with E-state index < -0.39 is 0 Å². The first-order valence-electron chi connectivity index (χ1n) is 0. The van der Waals surface area contributed by atoms with Gasteiger partial charge in [-0.2, -0.15) is 0 Å². The fourth-order valence-electron chi connectivity index (χ4n) is 0. The normalized spacial score (nSPS) is 0. The average molecular weight is 1060 g/mol. The number of hydrogen-bond acceptors (Lipinski definition) is 0. The molecule has 0 atom stereocenters. The van der Waals surface area contributed by atoms with Crippen LogP contribution in [0.5, 0.6) is 0 Å². The maximum atomic E-state index is 0. The van der Waals surface area contributed by atoms with Gasteiger partial charge in [-0.3, -0.25) is 0 Å². The molecule has 0 bridgehead atoms. The average Bonchev–Trinajstić information content (AvgIpc) is 0. The third-order valence-electron chi connectivity index (χ3n) is 0. The van der Waals surface area contributed by atoms with Crippen molar-refractivity contribution in [1.29, 1.82) is 0 Å². The second-order valence-electron chi connectivity index (χ2n) is 0. The fourth-order valence-corrected chi connectivity index (χ4v) is 0. The van der Waals surface area contributed by atoms with Crippen LogP contribution in [-0.2, 0) is 268 Å². The van der Waals surface area contributed by atoms with Crippen LogP contribution in [0.25, 0.3) is 0 Å². The third kappa shape index (κ3) is 95.7. The van der Waals surface area contributed by atoms with Crippen molar-refractivity contribution in [2.45, 2.75) is 0 Å². The standard InChI is InChI=1S/5Ag.8Zn. The maximum Gasteiger partial charge on any atom is 0 e. The quantitative estimate of drug-likeness (QED) is 0.300. The van der Waals surface area contributed by atoms with Crippen molar-refractivity contribution in [3.63, 3.8) is 0 Å². The molecule has 13 heteroatoms. The molecule has 0 saturated carbocycles. The first kappa shape index (κ1) is 123. The van der Waals surface area contributed by atoms with Gasteiger partial charge in [0.1, 0.15) is 0 Å². The predicted octanol–water partition coefficient (Wildman–Crippen LogP) is -0.0325. The molecule has 0 unspecified atom stereocenters. The molecule has 13 heavy (non-hydrogen) atoms. The van der Waals surface area contributed by atoms with Crippen LogP contribution in [0.2, 0.25) is 0 Å². The van der Waals surface area contributed by atoms with Crippen LogP contribution in [0.1, 0.15) is 0 Å². The third-order valence-corrected chi connectivity index (χ3v) is 0. The van der Waals surface area contributed by atoms with Crippen LogP contribution in [-0.4, -0.2) is 0 Å². The Morgan fingerprint density at radius 3 is 0.154 bits per heavy atom. The minimum absolute atomic E-state index is 0. The molecule has 0 heterocycles. The van der Waals surface area contributed by atoms with E-state index >= 15 is 0 Å². The summed E-state index contributed by atoms with van der Waals surface area (Å²) in [6, 6.07) is 0. The Hall–Kier alpha value is 8.69. The molecule has 0 aromatic heterocycles. The van der Waals surface area contributed by atoms with Gasteiger partial charge in [0.15, 0.2) is 0 Å². The van der Waals surface area contributed by atoms with E-state index in [1.54, 1.807) is 0 Å². The zero-order chi connectivity index (χ0) is 0. The van der Waals surface area contributed by atoms with Crippen LogP contribution in [0.4, 0.5) is 0 Å². The summed E-state index contributed by atoms with van der Waals surface area (Å²) < 4.78 is 0. The fraction of sp³-hybridized carbons (Fsp3) is 0. The van der Waals surface area contributed by atoms with E-state index in [1.165, 1.54) is 0 Å². The van der Waals surface area contributed by atoms with Crippen LogP contribution in [0.15, 0.2) is 0 Å². The second kappa shape index (κ2) is 106. The maximum absolute atomic E-state index is 0. The second-order valence-corrected chi connectivity index (χ2v) is 0. The molecule has 0 spiro atoms. The van der Waals surface area contributed by atoms with Gasteiger partial charge in [-0.25, -0.2) is 0 Å². The molecule has 0 aliphatic heterocycles. The summed E-state index contributed by atoms with van der Waals surface area (Å²) in [5.41, 5.74) is 0. The van der Waals surface area contributed by atoms with E-state index in [1.807, 2.05) is 0 Å². The SMILES string of the molecule is [Ag].[Ag].[Ag].[Ag].[Ag].[Zn].[Zn].[Zn].[Zn].[Zn].[Zn].[Zn].[Zn]. The largest absolute Gasteiger partial charge is 0 e. The van der Waals surface area contributed by atoms with Crippen molar-refractivity contribution in [1.82, 2.24) is 0 Å². The van der Waals surface area contributed by atoms with E-state index in [0.29, 0.717) is 0 Å². The Morgan fingerprint density at radius 1 is 0.154 bits per heavy atom. The van der Waals surface area contributed by atoms with E-state index in [2.05, 4.69) is 0 Å². The molecule has 0 aromatic carbocycles. The topological polar surface area (TPSA) is 0 Å². The van der Waals surface area contributed by atoms with Gasteiger partial charge in [0.2, 0.25) is 0 Å². The molecule has 0 aliphatic rings. The molecule has 0 saturated heterocycles. The van der Waals surface area contributed by atoms with Crippen molar-refractivity contribution < 1.29 is 268 Å². The van der Waals surface area contributed by atoms with Crippen LogP contribution >= 0.6 is 0 Å². The molecule has 0 aromatic rings. The smallest absolute Gasteiger partial charge is 0 e. The summed E-state index contributed by atoms with van der Waals surface area (Å²) in [4.78, 5) is 0. The Labute approximate surface area is 261 Å². The van der Waals surface area contributed by atoms with Gasteiger partial charge < -0.3 is 0 Å². The van der Waals surface area contributed by atoms with Crippen LogP contribution in [0.3, 0.4) is 0 Å². The molecule has 0 fully saturated rings. The van der Waals surface area contributed by atoms with Gasteiger partial charge in [0.25, 0.3) is 0 Å². The van der Waals surface area contributed by atoms with Gasteiger partial charge in [0, 0.05) is 268 Å². The van der Waals surface area contributed by atoms with E-state index in [9.17, 15) is 0 Å². The molecular weight excluding hydrogens is 1060 g/mol. The summed E-state index contributed by atoms with van der Waals surface area (Å²) in [6.07, 6.45) is 0. The molecule has 0 aliphatic carbocycles. The summed E-state index contributed by atoms with van der Waals surface area (Å²) in [5, 5.41) is 0. The van der Waals surface area contributed by atoms with Crippen molar-refractivity contribution in [2.24, 2.45) is 0 Å². The van der Waals surface area contributed by atoms with Gasteiger partial charge in [-0.05, 0) is 0 Å². The van der Waals surface area contributed by atoms with Gasteiger partial charge in [0.05, 0.1) is 0 Å². The van der Waals surface area contributed by atoms with Crippen LogP contribution < -0.4 is 0 Å². The summed E-state index contributed by atoms with van der Waals surface area (Å²) in [5.74, 6) is 0. The Bertz CT molecular complexity index is 12.5. The van der Waals surface area contributed by atoms with Gasteiger partial charge in [-0.15, -0.1) is 0 Å². The monoisotopic (exact) mass is 1050 g/mol.